The molecule has 4 aliphatic heterocycles. The number of amides is 4. The van der Waals surface area contributed by atoms with Crippen LogP contribution in [-0.4, -0.2) is 103 Å². The highest BCUT2D eigenvalue weighted by atomic mass is 35.5. The number of aryl methyl sites for hydroxylation is 1. The summed E-state index contributed by atoms with van der Waals surface area (Å²) in [4.78, 5) is 65.6. The highest BCUT2D eigenvalue weighted by Crippen LogP contribution is 2.53. The first-order chi connectivity index (χ1) is 30.1. The Balaban J connectivity index is 0.769. The summed E-state index contributed by atoms with van der Waals surface area (Å²) in [5, 5.41) is 8.28. The molecule has 4 amide bonds. The summed E-state index contributed by atoms with van der Waals surface area (Å²) in [5.74, 6) is 0.288. The molecule has 17 heteroatoms. The average Bonchev–Trinajstić information content (AvgIpc) is 3.47. The number of anilines is 5. The minimum absolute atomic E-state index is 0.0918. The van der Waals surface area contributed by atoms with E-state index in [1.807, 2.05) is 6.07 Å². The lowest BCUT2D eigenvalue weighted by Crippen LogP contribution is -2.63. The zero-order valence-corrected chi connectivity index (χ0v) is 37.3. The minimum Gasteiger partial charge on any atom is -0.495 e. The number of ether oxygens (including phenoxy) is 1. The van der Waals surface area contributed by atoms with E-state index in [0.717, 1.165) is 61.7 Å². The standard InChI is InChI=1S/C46H51ClN8O7S/c1-26(2)63(60,61)39-8-6-5-7-35(39)49-41-34(47)22-48-45(52-41)50-36-17-27(3)32(19-38(36)62-4)29-13-15-53(16-14-29)23-28-20-46(21-28)24-54(25-46)30-9-10-31-33(18-30)44(59)55(43(31)58)37-11-12-40(56)51-42(37)57/h5-10,17-19,22,26,28-29,37H,11-16,20-21,23-25H2,1-4H3,(H,51,56,57)(H2,48,49,50,52). The maximum absolute atomic E-state index is 13.4. The fraction of sp³-hybridized carbons (Fsp3) is 0.435. The molecule has 63 heavy (non-hydrogen) atoms. The Morgan fingerprint density at radius 3 is 2.38 bits per heavy atom. The van der Waals surface area contributed by atoms with E-state index in [4.69, 9.17) is 16.3 Å². The molecule has 1 spiro atoms. The lowest BCUT2D eigenvalue weighted by Gasteiger charge is -2.60. The van der Waals surface area contributed by atoms with Gasteiger partial charge < -0.3 is 25.2 Å². The van der Waals surface area contributed by atoms with Crippen molar-refractivity contribution < 1.29 is 32.3 Å². The van der Waals surface area contributed by atoms with Gasteiger partial charge in [-0.3, -0.25) is 29.4 Å². The number of halogens is 1. The number of benzene rings is 3. The van der Waals surface area contributed by atoms with Gasteiger partial charge >= 0.3 is 0 Å². The Hall–Kier alpha value is -5.58. The van der Waals surface area contributed by atoms with Crippen molar-refractivity contribution in [2.45, 2.75) is 81.4 Å². The molecular weight excluding hydrogens is 844 g/mol. The van der Waals surface area contributed by atoms with Crippen LogP contribution in [0, 0.1) is 18.3 Å². The van der Waals surface area contributed by atoms with E-state index in [0.29, 0.717) is 40.1 Å². The van der Waals surface area contributed by atoms with E-state index in [2.05, 4.69) is 54.8 Å². The number of nitrogens with one attached hydrogen (secondary N) is 3. The summed E-state index contributed by atoms with van der Waals surface area (Å²) in [6, 6.07) is 15.2. The number of piperidine rings is 2. The van der Waals surface area contributed by atoms with Crippen LogP contribution < -0.4 is 25.6 Å². The molecule has 15 nitrogen and oxygen atoms in total. The van der Waals surface area contributed by atoms with Crippen molar-refractivity contribution in [2.75, 3.05) is 55.4 Å². The highest BCUT2D eigenvalue weighted by Gasteiger charge is 2.53. The van der Waals surface area contributed by atoms with E-state index >= 15 is 0 Å². The lowest BCUT2D eigenvalue weighted by molar-refractivity contribution is -0.136. The first-order valence-corrected chi connectivity index (χ1v) is 23.5. The summed E-state index contributed by atoms with van der Waals surface area (Å²) in [6.07, 6.45) is 6.13. The van der Waals surface area contributed by atoms with Crippen molar-refractivity contribution >= 4 is 73.9 Å². The number of carbonyl (C=O) groups is 4. The second kappa shape index (κ2) is 16.5. The summed E-state index contributed by atoms with van der Waals surface area (Å²) >= 11 is 6.49. The number of carbonyl (C=O) groups excluding carboxylic acids is 4. The molecule has 4 fully saturated rings. The monoisotopic (exact) mass is 894 g/mol. The van der Waals surface area contributed by atoms with Crippen LogP contribution in [0.5, 0.6) is 5.75 Å². The largest absolute Gasteiger partial charge is 0.495 e. The normalized spacial score (nSPS) is 20.4. The van der Waals surface area contributed by atoms with Crippen LogP contribution in [0.3, 0.4) is 0 Å². The van der Waals surface area contributed by atoms with E-state index in [-0.39, 0.29) is 39.9 Å². The molecule has 4 aromatic rings. The number of fused-ring (bicyclic) bond motifs is 1. The number of aromatic nitrogens is 2. The molecule has 3 saturated heterocycles. The number of sulfone groups is 1. The predicted octanol–water partition coefficient (Wildman–Crippen LogP) is 6.61. The van der Waals surface area contributed by atoms with Gasteiger partial charge in [0.25, 0.3) is 11.8 Å². The molecule has 1 unspecified atom stereocenters. The van der Waals surface area contributed by atoms with Crippen LogP contribution in [-0.2, 0) is 19.4 Å². The molecule has 9 rings (SSSR count). The van der Waals surface area contributed by atoms with E-state index < -0.39 is 44.8 Å². The highest BCUT2D eigenvalue weighted by molar-refractivity contribution is 7.92. The second-order valence-corrected chi connectivity index (χ2v) is 20.9. The molecule has 1 aromatic heterocycles. The van der Waals surface area contributed by atoms with E-state index in [9.17, 15) is 27.6 Å². The SMILES string of the molecule is COc1cc(C2CCN(CC3CC4(C3)CN(c3ccc5c(c3)C(=O)N(C3CCC(=O)NC3=O)C5=O)C4)CC2)c(C)cc1Nc1ncc(Cl)c(Nc2ccccc2S(=O)(=O)C(C)C)n1. The molecule has 330 valence electrons. The molecule has 5 aliphatic rings. The van der Waals surface area contributed by atoms with Crippen molar-refractivity contribution in [1.29, 1.82) is 0 Å². The predicted molar refractivity (Wildman–Crippen MR) is 239 cm³/mol. The van der Waals surface area contributed by atoms with Crippen LogP contribution in [0.4, 0.5) is 28.8 Å². The fourth-order valence-corrected chi connectivity index (χ4v) is 11.5. The number of likely N-dealkylation sites (tertiary alicyclic amines) is 1. The Morgan fingerprint density at radius 1 is 0.937 bits per heavy atom. The van der Waals surface area contributed by atoms with Gasteiger partial charge in [-0.2, -0.15) is 4.98 Å². The maximum Gasteiger partial charge on any atom is 0.262 e. The van der Waals surface area contributed by atoms with Crippen LogP contribution in [0.1, 0.15) is 90.1 Å². The zero-order valence-electron chi connectivity index (χ0n) is 35.7. The number of imide groups is 2. The fourth-order valence-electron chi connectivity index (χ4n) is 10.2. The van der Waals surface area contributed by atoms with Gasteiger partial charge in [0.2, 0.25) is 17.8 Å². The van der Waals surface area contributed by atoms with Gasteiger partial charge in [-0.25, -0.2) is 13.4 Å². The van der Waals surface area contributed by atoms with Gasteiger partial charge in [-0.15, -0.1) is 0 Å². The number of hydrogen-bond donors (Lipinski definition) is 3. The van der Waals surface area contributed by atoms with Gasteiger partial charge in [0, 0.05) is 37.2 Å². The van der Waals surface area contributed by atoms with Crippen LogP contribution in [0.2, 0.25) is 5.02 Å². The van der Waals surface area contributed by atoms with Crippen molar-refractivity contribution in [2.24, 2.45) is 11.3 Å². The van der Waals surface area contributed by atoms with Gasteiger partial charge in [-0.05, 0) is 131 Å². The topological polar surface area (TPSA) is 183 Å². The third-order valence-corrected chi connectivity index (χ3v) is 16.0. The first kappa shape index (κ1) is 42.7. The summed E-state index contributed by atoms with van der Waals surface area (Å²) in [6.45, 7) is 10.4. The van der Waals surface area contributed by atoms with Crippen molar-refractivity contribution in [3.05, 3.63) is 88.1 Å². The second-order valence-electron chi connectivity index (χ2n) is 18.0. The Labute approximate surface area is 371 Å². The number of nitrogens with zero attached hydrogens (tertiary/aromatic N) is 5. The number of hydrogen-bond acceptors (Lipinski definition) is 13. The third kappa shape index (κ3) is 8.01. The molecule has 3 N–H and O–H groups in total. The molecule has 5 heterocycles. The average molecular weight is 895 g/mol. The third-order valence-electron chi connectivity index (χ3n) is 13.5. The van der Waals surface area contributed by atoms with Crippen molar-refractivity contribution in [1.82, 2.24) is 25.1 Å². The van der Waals surface area contributed by atoms with Gasteiger partial charge in [-0.1, -0.05) is 23.7 Å². The van der Waals surface area contributed by atoms with Crippen LogP contribution in [0.25, 0.3) is 0 Å². The number of para-hydroxylation sites is 1. The molecule has 1 atom stereocenters. The summed E-state index contributed by atoms with van der Waals surface area (Å²) < 4.78 is 32.0. The number of rotatable bonds is 12. The molecule has 3 aromatic carbocycles. The van der Waals surface area contributed by atoms with Crippen LogP contribution >= 0.6 is 11.6 Å². The summed E-state index contributed by atoms with van der Waals surface area (Å²) in [7, 11) is -1.93. The Kier molecular flexibility index (Phi) is 11.2. The van der Waals surface area contributed by atoms with E-state index in [1.165, 1.54) is 24.6 Å². The Bertz CT molecular complexity index is 2640. The maximum atomic E-state index is 13.4. The number of methoxy groups -OCH3 is 1. The first-order valence-electron chi connectivity index (χ1n) is 21.5. The smallest absolute Gasteiger partial charge is 0.262 e. The summed E-state index contributed by atoms with van der Waals surface area (Å²) in [5.41, 5.74) is 5.29. The van der Waals surface area contributed by atoms with Gasteiger partial charge in [0.15, 0.2) is 15.7 Å². The quantitative estimate of drug-likeness (QED) is 0.129. The minimum atomic E-state index is -3.57. The van der Waals surface area contributed by atoms with Gasteiger partial charge in [0.1, 0.15) is 16.8 Å². The lowest BCUT2D eigenvalue weighted by atomic mass is 9.57. The molecule has 1 saturated carbocycles. The molecule has 1 aliphatic carbocycles. The Morgan fingerprint density at radius 2 is 1.67 bits per heavy atom. The van der Waals surface area contributed by atoms with E-state index in [1.54, 1.807) is 57.4 Å². The van der Waals surface area contributed by atoms with Gasteiger partial charge in [0.05, 0.1) is 46.0 Å². The molecular formula is C46H51ClN8O7S. The molecule has 0 radical (unpaired) electrons. The molecule has 0 bridgehead atoms. The van der Waals surface area contributed by atoms with Crippen LogP contribution in [0.15, 0.2) is 65.7 Å². The van der Waals surface area contributed by atoms with Crippen molar-refractivity contribution in [3.63, 3.8) is 0 Å². The zero-order chi connectivity index (χ0) is 44.4. The van der Waals surface area contributed by atoms with Crippen molar-refractivity contribution in [3.8, 4) is 5.75 Å².